The van der Waals surface area contributed by atoms with E-state index in [1.54, 1.807) is 18.3 Å². The Balaban J connectivity index is 2.16. The van der Waals surface area contributed by atoms with Gasteiger partial charge >= 0.3 is 5.97 Å². The molecule has 20 heavy (non-hydrogen) atoms. The molecule has 104 valence electrons. The van der Waals surface area contributed by atoms with Crippen molar-refractivity contribution in [1.82, 2.24) is 4.98 Å². The number of carboxylic acid groups (broad SMARTS) is 1. The van der Waals surface area contributed by atoms with Crippen molar-refractivity contribution in [3.63, 3.8) is 0 Å². The number of pyridine rings is 1. The molecule has 0 radical (unpaired) electrons. The van der Waals surface area contributed by atoms with Gasteiger partial charge in [-0.1, -0.05) is 6.07 Å². The van der Waals surface area contributed by atoms with E-state index in [-0.39, 0.29) is 12.2 Å². The summed E-state index contributed by atoms with van der Waals surface area (Å²) in [4.78, 5) is 15.4. The minimum atomic E-state index is -1.05. The number of aromatic carboxylic acids is 1. The van der Waals surface area contributed by atoms with Gasteiger partial charge < -0.3 is 14.6 Å². The van der Waals surface area contributed by atoms with Crippen molar-refractivity contribution in [1.29, 1.82) is 0 Å². The van der Waals surface area contributed by atoms with Crippen molar-refractivity contribution in [2.75, 3.05) is 6.61 Å². The molecule has 0 bridgehead atoms. The molecule has 0 unspecified atom stereocenters. The van der Waals surface area contributed by atoms with Crippen molar-refractivity contribution < 1.29 is 19.4 Å². The Hall–Kier alpha value is -2.56. The molecular weight excluding hydrogens is 258 g/mol. The first-order chi connectivity index (χ1) is 9.70. The highest BCUT2D eigenvalue weighted by Crippen LogP contribution is 2.25. The minimum absolute atomic E-state index is 0.0758. The third-order valence-electron chi connectivity index (χ3n) is 2.59. The monoisotopic (exact) mass is 273 g/mol. The molecule has 5 heteroatoms. The highest BCUT2D eigenvalue weighted by molar-refractivity contribution is 5.91. The zero-order chi connectivity index (χ0) is 14.4. The largest absolute Gasteiger partial charge is 0.494 e. The average Bonchev–Trinajstić information content (AvgIpc) is 2.47. The van der Waals surface area contributed by atoms with E-state index in [0.29, 0.717) is 18.1 Å². The second-order valence-electron chi connectivity index (χ2n) is 4.01. The Morgan fingerprint density at radius 3 is 2.75 bits per heavy atom. The van der Waals surface area contributed by atoms with E-state index in [4.69, 9.17) is 9.47 Å². The fraction of sp³-hybridized carbons (Fsp3) is 0.200. The molecule has 0 amide bonds. The Morgan fingerprint density at radius 2 is 2.10 bits per heavy atom. The highest BCUT2D eigenvalue weighted by atomic mass is 16.5. The van der Waals surface area contributed by atoms with Gasteiger partial charge in [0.1, 0.15) is 23.7 Å². The zero-order valence-electron chi connectivity index (χ0n) is 11.1. The SMILES string of the molecule is CCOc1ccc(OCc2ccccn2)c(C(=O)O)c1. The number of rotatable bonds is 6. The van der Waals surface area contributed by atoms with Gasteiger partial charge in [-0.05, 0) is 37.3 Å². The molecule has 0 fully saturated rings. The van der Waals surface area contributed by atoms with Crippen LogP contribution in [0.1, 0.15) is 23.0 Å². The van der Waals surface area contributed by atoms with E-state index in [9.17, 15) is 9.90 Å². The molecule has 0 saturated heterocycles. The van der Waals surface area contributed by atoms with E-state index in [1.807, 2.05) is 25.1 Å². The fourth-order valence-corrected chi connectivity index (χ4v) is 1.69. The smallest absolute Gasteiger partial charge is 0.339 e. The summed E-state index contributed by atoms with van der Waals surface area (Å²) in [6, 6.07) is 10.2. The Bertz CT molecular complexity index is 584. The van der Waals surface area contributed by atoms with E-state index < -0.39 is 5.97 Å². The summed E-state index contributed by atoms with van der Waals surface area (Å²) in [6.45, 7) is 2.54. The first kappa shape index (κ1) is 13.9. The van der Waals surface area contributed by atoms with Crippen LogP contribution in [0.4, 0.5) is 0 Å². The molecule has 1 aromatic heterocycles. The number of aromatic nitrogens is 1. The van der Waals surface area contributed by atoms with Gasteiger partial charge in [0.25, 0.3) is 0 Å². The number of hydrogen-bond acceptors (Lipinski definition) is 4. The second kappa shape index (κ2) is 6.56. The van der Waals surface area contributed by atoms with Crippen LogP contribution in [-0.2, 0) is 6.61 Å². The predicted molar refractivity (Wildman–Crippen MR) is 73.1 cm³/mol. The van der Waals surface area contributed by atoms with Crippen LogP contribution in [-0.4, -0.2) is 22.7 Å². The maximum Gasteiger partial charge on any atom is 0.339 e. The third-order valence-corrected chi connectivity index (χ3v) is 2.59. The van der Waals surface area contributed by atoms with Gasteiger partial charge in [-0.25, -0.2) is 4.79 Å². The first-order valence-electron chi connectivity index (χ1n) is 6.23. The Labute approximate surface area is 116 Å². The number of carboxylic acids is 1. The molecule has 0 aliphatic carbocycles. The maximum absolute atomic E-state index is 11.2. The van der Waals surface area contributed by atoms with Crippen LogP contribution in [0.5, 0.6) is 11.5 Å². The van der Waals surface area contributed by atoms with Crippen LogP contribution in [0.3, 0.4) is 0 Å². The molecule has 0 spiro atoms. The van der Waals surface area contributed by atoms with Gasteiger partial charge in [-0.3, -0.25) is 4.98 Å². The van der Waals surface area contributed by atoms with Gasteiger partial charge in [0, 0.05) is 6.20 Å². The average molecular weight is 273 g/mol. The Morgan fingerprint density at radius 1 is 1.25 bits per heavy atom. The molecule has 0 aliphatic heterocycles. The molecule has 5 nitrogen and oxygen atoms in total. The van der Waals surface area contributed by atoms with E-state index in [1.165, 1.54) is 6.07 Å². The molecular formula is C15H15NO4. The lowest BCUT2D eigenvalue weighted by molar-refractivity contribution is 0.0691. The number of hydrogen-bond donors (Lipinski definition) is 1. The van der Waals surface area contributed by atoms with Gasteiger partial charge in [-0.2, -0.15) is 0 Å². The lowest BCUT2D eigenvalue weighted by atomic mass is 10.2. The normalized spacial score (nSPS) is 10.1. The number of benzene rings is 1. The van der Waals surface area contributed by atoms with Crippen molar-refractivity contribution in [3.05, 3.63) is 53.9 Å². The highest BCUT2D eigenvalue weighted by Gasteiger charge is 2.13. The minimum Gasteiger partial charge on any atom is -0.494 e. The standard InChI is InChI=1S/C15H15NO4/c1-2-19-12-6-7-14(13(9-12)15(17)18)20-10-11-5-3-4-8-16-11/h3-9H,2,10H2,1H3,(H,17,18). The van der Waals surface area contributed by atoms with Crippen molar-refractivity contribution >= 4 is 5.97 Å². The van der Waals surface area contributed by atoms with E-state index >= 15 is 0 Å². The zero-order valence-corrected chi connectivity index (χ0v) is 11.1. The summed E-state index contributed by atoms with van der Waals surface area (Å²) in [5.74, 6) is -0.246. The van der Waals surface area contributed by atoms with Crippen molar-refractivity contribution in [2.24, 2.45) is 0 Å². The predicted octanol–water partition coefficient (Wildman–Crippen LogP) is 2.76. The summed E-state index contributed by atoms with van der Waals surface area (Å²) in [5.41, 5.74) is 0.810. The van der Waals surface area contributed by atoms with Crippen LogP contribution in [0.2, 0.25) is 0 Å². The van der Waals surface area contributed by atoms with Gasteiger partial charge in [0.05, 0.1) is 12.3 Å². The van der Waals surface area contributed by atoms with Crippen LogP contribution in [0, 0.1) is 0 Å². The number of nitrogens with zero attached hydrogens (tertiary/aromatic N) is 1. The molecule has 1 heterocycles. The first-order valence-corrected chi connectivity index (χ1v) is 6.23. The summed E-state index contributed by atoms with van der Waals surface area (Å²) in [7, 11) is 0. The molecule has 0 saturated carbocycles. The van der Waals surface area contributed by atoms with E-state index in [2.05, 4.69) is 4.98 Å². The molecule has 1 aromatic carbocycles. The number of carbonyl (C=O) groups is 1. The molecule has 0 aliphatic rings. The van der Waals surface area contributed by atoms with Gasteiger partial charge in [0.15, 0.2) is 0 Å². The lowest BCUT2D eigenvalue weighted by Gasteiger charge is -2.10. The molecule has 2 rings (SSSR count). The van der Waals surface area contributed by atoms with Crippen LogP contribution < -0.4 is 9.47 Å². The number of ether oxygens (including phenoxy) is 2. The quantitative estimate of drug-likeness (QED) is 0.876. The summed E-state index contributed by atoms with van der Waals surface area (Å²) >= 11 is 0. The van der Waals surface area contributed by atoms with Crippen molar-refractivity contribution in [3.8, 4) is 11.5 Å². The summed E-state index contributed by atoms with van der Waals surface area (Å²) in [5, 5.41) is 9.20. The maximum atomic E-state index is 11.2. The molecule has 0 atom stereocenters. The second-order valence-corrected chi connectivity index (χ2v) is 4.01. The van der Waals surface area contributed by atoms with Crippen molar-refractivity contribution in [2.45, 2.75) is 13.5 Å². The lowest BCUT2D eigenvalue weighted by Crippen LogP contribution is -2.05. The molecule has 2 aromatic rings. The molecule has 1 N–H and O–H groups in total. The van der Waals surface area contributed by atoms with Crippen LogP contribution in [0.15, 0.2) is 42.6 Å². The Kier molecular flexibility index (Phi) is 4.55. The van der Waals surface area contributed by atoms with Crippen LogP contribution in [0.25, 0.3) is 0 Å². The summed E-state index contributed by atoms with van der Waals surface area (Å²) < 4.78 is 10.8. The van der Waals surface area contributed by atoms with Gasteiger partial charge in [0.2, 0.25) is 0 Å². The summed E-state index contributed by atoms with van der Waals surface area (Å²) in [6.07, 6.45) is 1.66. The fourth-order valence-electron chi connectivity index (χ4n) is 1.69. The third kappa shape index (κ3) is 3.47. The van der Waals surface area contributed by atoms with Gasteiger partial charge in [-0.15, -0.1) is 0 Å². The van der Waals surface area contributed by atoms with Crippen LogP contribution >= 0.6 is 0 Å². The topological polar surface area (TPSA) is 68.7 Å². The van der Waals surface area contributed by atoms with E-state index in [0.717, 1.165) is 5.69 Å².